The molecule has 3 aromatic rings. The maximum absolute atomic E-state index is 14.3. The van der Waals surface area contributed by atoms with Crippen molar-refractivity contribution in [3.05, 3.63) is 42.6 Å². The number of nitrogens with one attached hydrogen (secondary N) is 1. The van der Waals surface area contributed by atoms with Crippen molar-refractivity contribution in [1.82, 2.24) is 14.8 Å². The number of ether oxygens (including phenoxy) is 1. The molecular weight excluding hydrogens is 309 g/mol. The van der Waals surface area contributed by atoms with Crippen LogP contribution in [0.4, 0.5) is 4.39 Å². The fourth-order valence-electron chi connectivity index (χ4n) is 2.58. The highest BCUT2D eigenvalue weighted by molar-refractivity contribution is 6.76. The van der Waals surface area contributed by atoms with Gasteiger partial charge in [-0.25, -0.2) is 4.39 Å². The van der Waals surface area contributed by atoms with Gasteiger partial charge in [-0.05, 0) is 24.2 Å². The molecule has 3 rings (SSSR count). The van der Waals surface area contributed by atoms with Gasteiger partial charge in [0.1, 0.15) is 12.5 Å². The van der Waals surface area contributed by atoms with Gasteiger partial charge in [0.25, 0.3) is 0 Å². The zero-order valence-electron chi connectivity index (χ0n) is 13.8. The molecule has 0 aliphatic heterocycles. The van der Waals surface area contributed by atoms with Crippen LogP contribution in [0.3, 0.4) is 0 Å². The van der Waals surface area contributed by atoms with Gasteiger partial charge < -0.3 is 9.30 Å². The molecule has 6 heteroatoms. The average Bonchev–Trinajstić information content (AvgIpc) is 3.12. The van der Waals surface area contributed by atoms with Gasteiger partial charge in [-0.15, -0.1) is 0 Å². The van der Waals surface area contributed by atoms with Crippen molar-refractivity contribution >= 4 is 19.0 Å². The van der Waals surface area contributed by atoms with Gasteiger partial charge in [-0.3, -0.25) is 5.10 Å². The van der Waals surface area contributed by atoms with E-state index in [0.717, 1.165) is 29.1 Å². The average molecular weight is 331 g/mol. The summed E-state index contributed by atoms with van der Waals surface area (Å²) in [6.07, 6.45) is 5.29. The van der Waals surface area contributed by atoms with E-state index in [-0.39, 0.29) is 5.82 Å². The number of hydrogen-bond acceptors (Lipinski definition) is 2. The van der Waals surface area contributed by atoms with Crippen LogP contribution in [0.5, 0.6) is 0 Å². The second-order valence-electron chi connectivity index (χ2n) is 6.98. The van der Waals surface area contributed by atoms with Crippen molar-refractivity contribution in [2.75, 3.05) is 6.61 Å². The highest BCUT2D eigenvalue weighted by atomic mass is 28.3. The van der Waals surface area contributed by atoms with Gasteiger partial charge in [0.05, 0.1) is 11.7 Å². The number of benzene rings is 1. The predicted octanol–water partition coefficient (Wildman–Crippen LogP) is 4.48. The van der Waals surface area contributed by atoms with E-state index in [1.807, 2.05) is 16.8 Å². The molecule has 0 atom stereocenters. The summed E-state index contributed by atoms with van der Waals surface area (Å²) in [6.45, 7) is 8.26. The van der Waals surface area contributed by atoms with Crippen LogP contribution in [0.2, 0.25) is 25.7 Å². The van der Waals surface area contributed by atoms with E-state index in [9.17, 15) is 4.39 Å². The molecule has 0 saturated carbocycles. The number of halogens is 1. The molecule has 4 nitrogen and oxygen atoms in total. The molecule has 2 heterocycles. The molecule has 0 radical (unpaired) electrons. The van der Waals surface area contributed by atoms with Crippen LogP contribution in [-0.4, -0.2) is 29.4 Å². The largest absolute Gasteiger partial charge is 0.361 e. The Morgan fingerprint density at radius 3 is 2.78 bits per heavy atom. The molecule has 122 valence electrons. The number of aromatic nitrogens is 3. The van der Waals surface area contributed by atoms with E-state index in [4.69, 9.17) is 4.74 Å². The van der Waals surface area contributed by atoms with E-state index >= 15 is 0 Å². The molecule has 1 N–H and O–H groups in total. The highest BCUT2D eigenvalue weighted by Gasteiger charge is 2.14. The minimum absolute atomic E-state index is 0.240. The normalized spacial score (nSPS) is 12.2. The molecule has 0 aliphatic carbocycles. The first kappa shape index (κ1) is 16.0. The van der Waals surface area contributed by atoms with Crippen LogP contribution < -0.4 is 0 Å². The van der Waals surface area contributed by atoms with Crippen LogP contribution >= 0.6 is 0 Å². The van der Waals surface area contributed by atoms with Crippen LogP contribution in [-0.2, 0) is 11.5 Å². The maximum Gasteiger partial charge on any atom is 0.131 e. The second-order valence-corrected chi connectivity index (χ2v) is 12.6. The van der Waals surface area contributed by atoms with Crippen molar-refractivity contribution in [3.8, 4) is 11.1 Å². The molecule has 0 bridgehead atoms. The summed E-state index contributed by atoms with van der Waals surface area (Å²) < 4.78 is 22.1. The van der Waals surface area contributed by atoms with Gasteiger partial charge in [0.15, 0.2) is 0 Å². The summed E-state index contributed by atoms with van der Waals surface area (Å²) in [7, 11) is -1.08. The number of nitrogens with zero attached hydrogens (tertiary/aromatic N) is 2. The summed E-state index contributed by atoms with van der Waals surface area (Å²) in [4.78, 5) is 0. The highest BCUT2D eigenvalue weighted by Crippen LogP contribution is 2.31. The first-order valence-electron chi connectivity index (χ1n) is 7.80. The third kappa shape index (κ3) is 3.54. The summed E-state index contributed by atoms with van der Waals surface area (Å²) in [5.74, 6) is -0.240. The first-order valence-corrected chi connectivity index (χ1v) is 11.5. The molecule has 0 spiro atoms. The molecule has 0 aliphatic rings. The van der Waals surface area contributed by atoms with Crippen LogP contribution in [0.1, 0.15) is 0 Å². The third-order valence-electron chi connectivity index (χ3n) is 3.92. The van der Waals surface area contributed by atoms with Crippen molar-refractivity contribution in [2.24, 2.45) is 0 Å². The minimum Gasteiger partial charge on any atom is -0.361 e. The summed E-state index contributed by atoms with van der Waals surface area (Å²) >= 11 is 0. The molecular formula is C17H22FN3OSi. The predicted molar refractivity (Wildman–Crippen MR) is 93.6 cm³/mol. The summed E-state index contributed by atoms with van der Waals surface area (Å²) in [5.41, 5.74) is 2.30. The summed E-state index contributed by atoms with van der Waals surface area (Å²) in [5, 5.41) is 7.53. The molecule has 0 fully saturated rings. The molecule has 2 aromatic heterocycles. The van der Waals surface area contributed by atoms with Crippen LogP contribution in [0, 0.1) is 5.82 Å². The van der Waals surface area contributed by atoms with E-state index in [2.05, 4.69) is 29.8 Å². The standard InChI is InChI=1S/C17H22FN3OSi/c1-23(2,3)9-8-22-12-21-7-6-14-16(21)5-4-15(18)17(14)13-10-19-20-11-13/h4-7,10-11H,8-9,12H2,1-3H3,(H,19,20). The zero-order valence-corrected chi connectivity index (χ0v) is 14.8. The van der Waals surface area contributed by atoms with Crippen LogP contribution in [0.25, 0.3) is 22.0 Å². The lowest BCUT2D eigenvalue weighted by atomic mass is 10.0. The molecule has 1 aromatic carbocycles. The number of H-pyrrole nitrogens is 1. The van der Waals surface area contributed by atoms with E-state index in [0.29, 0.717) is 12.3 Å². The quantitative estimate of drug-likeness (QED) is 0.534. The third-order valence-corrected chi connectivity index (χ3v) is 5.62. The van der Waals surface area contributed by atoms with Gasteiger partial charge >= 0.3 is 0 Å². The molecule has 0 amide bonds. The maximum atomic E-state index is 14.3. The zero-order chi connectivity index (χ0) is 16.4. The lowest BCUT2D eigenvalue weighted by molar-refractivity contribution is 0.0902. The van der Waals surface area contributed by atoms with E-state index < -0.39 is 8.07 Å². The molecule has 0 saturated heterocycles. The minimum atomic E-state index is -1.08. The van der Waals surface area contributed by atoms with E-state index in [1.54, 1.807) is 18.5 Å². The Bertz CT molecular complexity index is 790. The Kier molecular flexibility index (Phi) is 4.36. The van der Waals surface area contributed by atoms with Gasteiger partial charge in [0.2, 0.25) is 0 Å². The Morgan fingerprint density at radius 1 is 1.26 bits per heavy atom. The molecule has 23 heavy (non-hydrogen) atoms. The Balaban J connectivity index is 1.83. The topological polar surface area (TPSA) is 42.8 Å². The number of hydrogen-bond donors (Lipinski definition) is 1. The van der Waals surface area contributed by atoms with Crippen molar-refractivity contribution in [2.45, 2.75) is 32.4 Å². The Hall–Kier alpha value is -1.92. The first-order chi connectivity index (χ1) is 11.0. The number of fused-ring (bicyclic) bond motifs is 1. The summed E-state index contributed by atoms with van der Waals surface area (Å²) in [6, 6.07) is 6.38. The lowest BCUT2D eigenvalue weighted by Crippen LogP contribution is -2.21. The second kappa shape index (κ2) is 6.29. The SMILES string of the molecule is C[Si](C)(C)CCOCn1ccc2c(-c3cn[nH]c3)c(F)ccc21. The Labute approximate surface area is 136 Å². The van der Waals surface area contributed by atoms with Gasteiger partial charge in [0, 0.05) is 43.6 Å². The number of aromatic amines is 1. The molecule has 0 unspecified atom stereocenters. The Morgan fingerprint density at radius 2 is 2.09 bits per heavy atom. The fraction of sp³-hybridized carbons (Fsp3) is 0.353. The fourth-order valence-corrected chi connectivity index (χ4v) is 3.34. The number of rotatable bonds is 6. The van der Waals surface area contributed by atoms with Crippen molar-refractivity contribution in [1.29, 1.82) is 0 Å². The van der Waals surface area contributed by atoms with Crippen LogP contribution in [0.15, 0.2) is 36.8 Å². The monoisotopic (exact) mass is 331 g/mol. The van der Waals surface area contributed by atoms with Crippen molar-refractivity contribution < 1.29 is 9.13 Å². The lowest BCUT2D eigenvalue weighted by Gasteiger charge is -2.16. The van der Waals surface area contributed by atoms with Gasteiger partial charge in [-0.1, -0.05) is 19.6 Å². The van der Waals surface area contributed by atoms with Crippen molar-refractivity contribution in [3.63, 3.8) is 0 Å². The van der Waals surface area contributed by atoms with Gasteiger partial charge in [-0.2, -0.15) is 5.10 Å². The van der Waals surface area contributed by atoms with E-state index in [1.165, 1.54) is 6.07 Å². The smallest absolute Gasteiger partial charge is 0.131 e.